The molecular formula is C21H19N3O4. The summed E-state index contributed by atoms with van der Waals surface area (Å²) in [7, 11) is 1.61. The van der Waals surface area contributed by atoms with Crippen LogP contribution in [-0.4, -0.2) is 29.2 Å². The van der Waals surface area contributed by atoms with Crippen LogP contribution in [0.3, 0.4) is 0 Å². The monoisotopic (exact) mass is 377 g/mol. The van der Waals surface area contributed by atoms with Crippen LogP contribution in [0.1, 0.15) is 24.2 Å². The molecule has 0 spiro atoms. The molecule has 1 amide bonds. The Labute approximate surface area is 161 Å². The third-order valence-electron chi connectivity index (χ3n) is 4.22. The first kappa shape index (κ1) is 17.8. The quantitative estimate of drug-likeness (QED) is 0.558. The van der Waals surface area contributed by atoms with Crippen molar-refractivity contribution in [3.8, 4) is 28.6 Å². The standard InChI is InChI=1S/C21H19N3O4/c1-12(2)22-20(25)13-7-8-18-16(10-13)19(24-28-18)17-11-27-21(23-17)14-5-4-6-15(9-14)26-3/h4-12H,1-3H3,(H,22,25). The third kappa shape index (κ3) is 3.34. The van der Waals surface area contributed by atoms with Crippen LogP contribution in [0, 0.1) is 0 Å². The second kappa shape index (κ2) is 7.19. The molecule has 0 unspecified atom stereocenters. The number of rotatable bonds is 5. The van der Waals surface area contributed by atoms with Gasteiger partial charge in [0.2, 0.25) is 5.89 Å². The van der Waals surface area contributed by atoms with Gasteiger partial charge in [0, 0.05) is 17.2 Å². The molecule has 0 saturated carbocycles. The van der Waals surface area contributed by atoms with Crippen LogP contribution in [0.5, 0.6) is 5.75 Å². The zero-order valence-corrected chi connectivity index (χ0v) is 15.7. The van der Waals surface area contributed by atoms with Crippen molar-refractivity contribution < 1.29 is 18.5 Å². The van der Waals surface area contributed by atoms with Gasteiger partial charge in [-0.05, 0) is 50.2 Å². The molecule has 2 heterocycles. The van der Waals surface area contributed by atoms with Crippen LogP contribution in [0.15, 0.2) is 57.7 Å². The number of nitrogens with zero attached hydrogens (tertiary/aromatic N) is 2. The molecule has 0 radical (unpaired) electrons. The maximum Gasteiger partial charge on any atom is 0.251 e. The summed E-state index contributed by atoms with van der Waals surface area (Å²) in [4.78, 5) is 16.8. The normalized spacial score (nSPS) is 11.1. The fraction of sp³-hybridized carbons (Fsp3) is 0.190. The molecule has 0 fully saturated rings. The highest BCUT2D eigenvalue weighted by atomic mass is 16.5. The minimum atomic E-state index is -0.152. The number of hydrogen-bond acceptors (Lipinski definition) is 6. The van der Waals surface area contributed by atoms with E-state index in [1.165, 1.54) is 6.26 Å². The lowest BCUT2D eigenvalue weighted by Gasteiger charge is -2.07. The Balaban J connectivity index is 1.71. The number of oxazole rings is 1. The van der Waals surface area contributed by atoms with Crippen LogP contribution in [-0.2, 0) is 0 Å². The Hall–Kier alpha value is -3.61. The maximum absolute atomic E-state index is 12.3. The number of carbonyl (C=O) groups is 1. The van der Waals surface area contributed by atoms with Crippen LogP contribution in [0.2, 0.25) is 0 Å². The Morgan fingerprint density at radius 3 is 2.82 bits per heavy atom. The van der Waals surface area contributed by atoms with E-state index in [0.29, 0.717) is 39.6 Å². The van der Waals surface area contributed by atoms with Gasteiger partial charge in [0.15, 0.2) is 5.58 Å². The van der Waals surface area contributed by atoms with E-state index in [4.69, 9.17) is 13.7 Å². The minimum Gasteiger partial charge on any atom is -0.497 e. The fourth-order valence-electron chi connectivity index (χ4n) is 2.88. The van der Waals surface area contributed by atoms with Crippen molar-refractivity contribution in [2.75, 3.05) is 7.11 Å². The van der Waals surface area contributed by atoms with E-state index in [1.807, 2.05) is 38.1 Å². The van der Waals surface area contributed by atoms with Gasteiger partial charge in [0.25, 0.3) is 5.91 Å². The lowest BCUT2D eigenvalue weighted by molar-refractivity contribution is 0.0943. The van der Waals surface area contributed by atoms with E-state index < -0.39 is 0 Å². The molecule has 1 N–H and O–H groups in total. The van der Waals surface area contributed by atoms with E-state index in [2.05, 4.69) is 15.5 Å². The fourth-order valence-corrected chi connectivity index (χ4v) is 2.88. The summed E-state index contributed by atoms with van der Waals surface area (Å²) in [5, 5.41) is 7.69. The summed E-state index contributed by atoms with van der Waals surface area (Å²) >= 11 is 0. The van der Waals surface area contributed by atoms with Gasteiger partial charge in [-0.1, -0.05) is 11.2 Å². The molecule has 0 atom stereocenters. The molecule has 2 aromatic heterocycles. The molecule has 142 valence electrons. The zero-order chi connectivity index (χ0) is 19.7. The number of carbonyl (C=O) groups excluding carboxylic acids is 1. The number of nitrogens with one attached hydrogen (secondary N) is 1. The van der Waals surface area contributed by atoms with Crippen LogP contribution in [0.4, 0.5) is 0 Å². The number of amides is 1. The number of methoxy groups -OCH3 is 1. The van der Waals surface area contributed by atoms with Crippen LogP contribution < -0.4 is 10.1 Å². The zero-order valence-electron chi connectivity index (χ0n) is 15.7. The molecule has 0 bridgehead atoms. The third-order valence-corrected chi connectivity index (χ3v) is 4.22. The number of fused-ring (bicyclic) bond motifs is 1. The predicted octanol–water partition coefficient (Wildman–Crippen LogP) is 4.30. The highest BCUT2D eigenvalue weighted by Crippen LogP contribution is 2.31. The summed E-state index contributed by atoms with van der Waals surface area (Å²) in [6, 6.07) is 12.7. The summed E-state index contributed by atoms with van der Waals surface area (Å²) in [5.41, 5.74) is 2.93. The molecule has 0 aliphatic heterocycles. The molecule has 7 heteroatoms. The lowest BCUT2D eigenvalue weighted by atomic mass is 10.1. The predicted molar refractivity (Wildman–Crippen MR) is 104 cm³/mol. The van der Waals surface area contributed by atoms with Gasteiger partial charge < -0.3 is 19.0 Å². The van der Waals surface area contributed by atoms with Gasteiger partial charge in [-0.25, -0.2) is 4.98 Å². The molecule has 4 rings (SSSR count). The molecule has 0 saturated heterocycles. The highest BCUT2D eigenvalue weighted by molar-refractivity contribution is 6.00. The molecule has 28 heavy (non-hydrogen) atoms. The van der Waals surface area contributed by atoms with Crippen molar-refractivity contribution in [2.45, 2.75) is 19.9 Å². The van der Waals surface area contributed by atoms with E-state index in [9.17, 15) is 4.79 Å². The first-order valence-corrected chi connectivity index (χ1v) is 8.86. The second-order valence-electron chi connectivity index (χ2n) is 6.64. The number of hydrogen-bond donors (Lipinski definition) is 1. The Kier molecular flexibility index (Phi) is 4.57. The van der Waals surface area contributed by atoms with E-state index in [1.54, 1.807) is 25.3 Å². The van der Waals surface area contributed by atoms with E-state index in [-0.39, 0.29) is 11.9 Å². The van der Waals surface area contributed by atoms with Crippen molar-refractivity contribution in [3.63, 3.8) is 0 Å². The molecule has 7 nitrogen and oxygen atoms in total. The molecule has 4 aromatic rings. The average Bonchev–Trinajstić information content (AvgIpc) is 3.33. The van der Waals surface area contributed by atoms with Gasteiger partial charge in [-0.15, -0.1) is 0 Å². The summed E-state index contributed by atoms with van der Waals surface area (Å²) in [5.74, 6) is 1.00. The maximum atomic E-state index is 12.3. The van der Waals surface area contributed by atoms with E-state index >= 15 is 0 Å². The lowest BCUT2D eigenvalue weighted by Crippen LogP contribution is -2.29. The van der Waals surface area contributed by atoms with Crippen LogP contribution >= 0.6 is 0 Å². The Bertz CT molecular complexity index is 1140. The molecular weight excluding hydrogens is 358 g/mol. The highest BCUT2D eigenvalue weighted by Gasteiger charge is 2.18. The van der Waals surface area contributed by atoms with Crippen molar-refractivity contribution >= 4 is 16.9 Å². The summed E-state index contributed by atoms with van der Waals surface area (Å²) < 4.78 is 16.3. The largest absolute Gasteiger partial charge is 0.497 e. The van der Waals surface area contributed by atoms with Crippen LogP contribution in [0.25, 0.3) is 33.8 Å². The SMILES string of the molecule is COc1cccc(-c2nc(-c3noc4ccc(C(=O)NC(C)C)cc34)co2)c1. The van der Waals surface area contributed by atoms with Crippen molar-refractivity contribution in [1.82, 2.24) is 15.5 Å². The minimum absolute atomic E-state index is 0.0473. The number of benzene rings is 2. The topological polar surface area (TPSA) is 90.4 Å². The van der Waals surface area contributed by atoms with E-state index in [0.717, 1.165) is 5.56 Å². The van der Waals surface area contributed by atoms with Gasteiger partial charge in [-0.2, -0.15) is 0 Å². The van der Waals surface area contributed by atoms with Crippen molar-refractivity contribution in [3.05, 3.63) is 54.3 Å². The Morgan fingerprint density at radius 2 is 2.04 bits per heavy atom. The first-order chi connectivity index (χ1) is 13.5. The Morgan fingerprint density at radius 1 is 1.18 bits per heavy atom. The molecule has 2 aromatic carbocycles. The van der Waals surface area contributed by atoms with Crippen molar-refractivity contribution in [1.29, 1.82) is 0 Å². The average molecular weight is 377 g/mol. The van der Waals surface area contributed by atoms with Gasteiger partial charge in [-0.3, -0.25) is 4.79 Å². The number of aromatic nitrogens is 2. The molecule has 0 aliphatic carbocycles. The first-order valence-electron chi connectivity index (χ1n) is 8.86. The van der Waals surface area contributed by atoms with Crippen molar-refractivity contribution in [2.24, 2.45) is 0 Å². The number of ether oxygens (including phenoxy) is 1. The van der Waals surface area contributed by atoms with Gasteiger partial charge >= 0.3 is 0 Å². The van der Waals surface area contributed by atoms with Gasteiger partial charge in [0.1, 0.15) is 23.4 Å². The second-order valence-corrected chi connectivity index (χ2v) is 6.64. The smallest absolute Gasteiger partial charge is 0.251 e. The van der Waals surface area contributed by atoms with Gasteiger partial charge in [0.05, 0.1) is 12.5 Å². The molecule has 0 aliphatic rings. The summed E-state index contributed by atoms with van der Waals surface area (Å²) in [6.07, 6.45) is 1.52. The summed E-state index contributed by atoms with van der Waals surface area (Å²) in [6.45, 7) is 3.83.